The lowest BCUT2D eigenvalue weighted by atomic mass is 10.1. The Balaban J connectivity index is 1.58. The van der Waals surface area contributed by atoms with Gasteiger partial charge in [-0.3, -0.25) is 19.7 Å². The lowest BCUT2D eigenvalue weighted by Crippen LogP contribution is -3.13. The van der Waals surface area contributed by atoms with Crippen molar-refractivity contribution in [2.75, 3.05) is 44.7 Å². The van der Waals surface area contributed by atoms with E-state index in [0.29, 0.717) is 18.8 Å². The zero-order valence-electron chi connectivity index (χ0n) is 18.3. The van der Waals surface area contributed by atoms with Crippen LogP contribution in [0.15, 0.2) is 42.5 Å². The van der Waals surface area contributed by atoms with Crippen molar-refractivity contribution < 1.29 is 19.4 Å². The number of nitrogens with zero attached hydrogens (tertiary/aromatic N) is 3. The largest absolute Gasteiger partial charge is 0.360 e. The number of nitro benzene ring substituents is 1. The zero-order valence-corrected chi connectivity index (χ0v) is 18.3. The van der Waals surface area contributed by atoms with Gasteiger partial charge in [-0.15, -0.1) is 0 Å². The minimum absolute atomic E-state index is 0.0491. The van der Waals surface area contributed by atoms with Crippen LogP contribution in [0.1, 0.15) is 28.4 Å². The van der Waals surface area contributed by atoms with E-state index >= 15 is 0 Å². The highest BCUT2D eigenvalue weighted by molar-refractivity contribution is 5.95. The number of hydrogen-bond acceptors (Lipinski definition) is 5. The maximum atomic E-state index is 12.8. The first-order valence-corrected chi connectivity index (χ1v) is 10.4. The predicted molar refractivity (Wildman–Crippen MR) is 119 cm³/mol. The normalized spacial score (nSPS) is 14.4. The van der Waals surface area contributed by atoms with Crippen molar-refractivity contribution in [3.05, 3.63) is 69.3 Å². The zero-order chi connectivity index (χ0) is 22.5. The van der Waals surface area contributed by atoms with Crippen LogP contribution in [-0.4, -0.2) is 61.3 Å². The number of anilines is 1. The van der Waals surface area contributed by atoms with Crippen LogP contribution in [0, 0.1) is 17.0 Å². The van der Waals surface area contributed by atoms with Gasteiger partial charge in [-0.2, -0.15) is 0 Å². The molecule has 31 heavy (non-hydrogen) atoms. The van der Waals surface area contributed by atoms with Crippen LogP contribution in [0.5, 0.6) is 0 Å². The molecule has 1 saturated heterocycles. The van der Waals surface area contributed by atoms with Crippen molar-refractivity contribution in [2.45, 2.75) is 20.4 Å². The van der Waals surface area contributed by atoms with Crippen LogP contribution in [0.2, 0.25) is 0 Å². The van der Waals surface area contributed by atoms with E-state index in [1.807, 2.05) is 4.90 Å². The fourth-order valence-corrected chi connectivity index (χ4v) is 3.96. The summed E-state index contributed by atoms with van der Waals surface area (Å²) in [5.41, 5.74) is 2.99. The SMILES string of the molecule is CC(=O)c1ccc(N(C)CC(=O)N2CC[NH+](Cc3cccc(C)c3)CC2)c([N+](=O)[O-])c1. The minimum atomic E-state index is -0.518. The lowest BCUT2D eigenvalue weighted by Gasteiger charge is -2.33. The fourth-order valence-electron chi connectivity index (χ4n) is 3.96. The molecule has 164 valence electrons. The monoisotopic (exact) mass is 425 g/mol. The van der Waals surface area contributed by atoms with Crippen molar-refractivity contribution in [2.24, 2.45) is 0 Å². The molecule has 0 aliphatic carbocycles. The Morgan fingerprint density at radius 3 is 2.48 bits per heavy atom. The number of rotatable bonds is 7. The van der Waals surface area contributed by atoms with E-state index < -0.39 is 4.92 Å². The number of carbonyl (C=O) groups excluding carboxylic acids is 2. The van der Waals surface area contributed by atoms with Gasteiger partial charge in [0.1, 0.15) is 12.2 Å². The lowest BCUT2D eigenvalue weighted by molar-refractivity contribution is -0.917. The van der Waals surface area contributed by atoms with Crippen LogP contribution >= 0.6 is 0 Å². The first-order valence-electron chi connectivity index (χ1n) is 10.4. The number of amides is 1. The molecular weight excluding hydrogens is 396 g/mol. The average Bonchev–Trinajstić information content (AvgIpc) is 2.73. The van der Waals surface area contributed by atoms with Gasteiger partial charge in [-0.05, 0) is 26.0 Å². The molecule has 1 fully saturated rings. The Hall–Kier alpha value is -3.26. The molecule has 8 heteroatoms. The summed E-state index contributed by atoms with van der Waals surface area (Å²) in [5, 5.41) is 11.5. The Labute approximate surface area is 182 Å². The van der Waals surface area contributed by atoms with Gasteiger partial charge < -0.3 is 14.7 Å². The first kappa shape index (κ1) is 22.4. The molecule has 0 atom stereocenters. The van der Waals surface area contributed by atoms with E-state index in [2.05, 4.69) is 31.2 Å². The number of piperazine rings is 1. The van der Waals surface area contributed by atoms with E-state index in [1.54, 1.807) is 18.0 Å². The molecule has 0 bridgehead atoms. The smallest absolute Gasteiger partial charge is 0.293 e. The van der Waals surface area contributed by atoms with E-state index in [9.17, 15) is 19.7 Å². The topological polar surface area (TPSA) is 88.2 Å². The summed E-state index contributed by atoms with van der Waals surface area (Å²) < 4.78 is 0. The van der Waals surface area contributed by atoms with Crippen molar-refractivity contribution in [1.29, 1.82) is 0 Å². The summed E-state index contributed by atoms with van der Waals surface area (Å²) in [5.74, 6) is -0.290. The number of benzene rings is 2. The Bertz CT molecular complexity index is 983. The summed E-state index contributed by atoms with van der Waals surface area (Å²) in [7, 11) is 1.66. The first-order chi connectivity index (χ1) is 14.7. The van der Waals surface area contributed by atoms with E-state index in [1.165, 1.54) is 35.1 Å². The highest BCUT2D eigenvalue weighted by Crippen LogP contribution is 2.28. The van der Waals surface area contributed by atoms with E-state index in [4.69, 9.17) is 0 Å². The number of ketones is 1. The van der Waals surface area contributed by atoms with Crippen molar-refractivity contribution in [3.63, 3.8) is 0 Å². The summed E-state index contributed by atoms with van der Waals surface area (Å²) in [6.45, 7) is 7.52. The van der Waals surface area contributed by atoms with Gasteiger partial charge >= 0.3 is 0 Å². The van der Waals surface area contributed by atoms with Crippen LogP contribution < -0.4 is 9.80 Å². The molecule has 0 aromatic heterocycles. The van der Waals surface area contributed by atoms with Crippen molar-refractivity contribution in [3.8, 4) is 0 Å². The van der Waals surface area contributed by atoms with Crippen molar-refractivity contribution in [1.82, 2.24) is 4.90 Å². The number of nitrogens with one attached hydrogen (secondary N) is 1. The second-order valence-electron chi connectivity index (χ2n) is 8.17. The molecule has 0 saturated carbocycles. The van der Waals surface area contributed by atoms with Crippen LogP contribution in [-0.2, 0) is 11.3 Å². The molecule has 2 aromatic carbocycles. The third-order valence-electron chi connectivity index (χ3n) is 5.72. The summed E-state index contributed by atoms with van der Waals surface area (Å²) in [6, 6.07) is 12.9. The van der Waals surface area contributed by atoms with Crippen LogP contribution in [0.3, 0.4) is 0 Å². The maximum absolute atomic E-state index is 12.8. The Morgan fingerprint density at radius 2 is 1.87 bits per heavy atom. The molecule has 0 radical (unpaired) electrons. The molecule has 1 aliphatic heterocycles. The third-order valence-corrected chi connectivity index (χ3v) is 5.72. The van der Waals surface area contributed by atoms with E-state index in [0.717, 1.165) is 19.6 Å². The van der Waals surface area contributed by atoms with E-state index in [-0.39, 0.29) is 29.5 Å². The summed E-state index contributed by atoms with van der Waals surface area (Å²) >= 11 is 0. The van der Waals surface area contributed by atoms with Gasteiger partial charge in [-0.25, -0.2) is 0 Å². The van der Waals surface area contributed by atoms with Crippen molar-refractivity contribution >= 4 is 23.1 Å². The molecule has 0 unspecified atom stereocenters. The third kappa shape index (κ3) is 5.67. The van der Waals surface area contributed by atoms with Gasteiger partial charge in [-0.1, -0.05) is 29.8 Å². The molecule has 8 nitrogen and oxygen atoms in total. The number of hydrogen-bond donors (Lipinski definition) is 1. The molecule has 1 N–H and O–H groups in total. The molecule has 1 amide bonds. The molecular formula is C23H29N4O4+. The molecule has 2 aromatic rings. The number of aryl methyl sites for hydroxylation is 1. The number of quaternary nitrogens is 1. The van der Waals surface area contributed by atoms with Gasteiger partial charge in [0.05, 0.1) is 37.6 Å². The van der Waals surface area contributed by atoms with Gasteiger partial charge in [0.15, 0.2) is 5.78 Å². The highest BCUT2D eigenvalue weighted by atomic mass is 16.6. The maximum Gasteiger partial charge on any atom is 0.293 e. The van der Waals surface area contributed by atoms with Crippen LogP contribution in [0.4, 0.5) is 11.4 Å². The fraction of sp³-hybridized carbons (Fsp3) is 0.391. The minimum Gasteiger partial charge on any atom is -0.360 e. The average molecular weight is 426 g/mol. The standard InChI is InChI=1S/C23H28N4O4/c1-17-5-4-6-19(13-17)15-25-9-11-26(12-10-25)23(29)16-24(3)21-8-7-20(18(2)28)14-22(21)27(30)31/h4-8,13-14H,9-12,15-16H2,1-3H3/p+1. The number of likely N-dealkylation sites (N-methyl/N-ethyl adjacent to an activating group) is 1. The summed E-state index contributed by atoms with van der Waals surface area (Å²) in [4.78, 5) is 40.1. The second kappa shape index (κ2) is 9.70. The number of Topliss-reactive ketones (excluding diaryl/α,β-unsaturated/α-hetero) is 1. The van der Waals surface area contributed by atoms with Gasteiger partial charge in [0.2, 0.25) is 5.91 Å². The number of nitro groups is 1. The molecule has 1 heterocycles. The Morgan fingerprint density at radius 1 is 1.16 bits per heavy atom. The van der Waals surface area contributed by atoms with Crippen LogP contribution in [0.25, 0.3) is 0 Å². The number of carbonyl (C=O) groups is 2. The summed E-state index contributed by atoms with van der Waals surface area (Å²) in [6.07, 6.45) is 0. The molecule has 1 aliphatic rings. The quantitative estimate of drug-likeness (QED) is 0.412. The Kier molecular flexibility index (Phi) is 7.02. The van der Waals surface area contributed by atoms with Gasteiger partial charge in [0.25, 0.3) is 5.69 Å². The predicted octanol–water partition coefficient (Wildman–Crippen LogP) is 1.47. The van der Waals surface area contributed by atoms with Gasteiger partial charge in [0, 0.05) is 24.2 Å². The second-order valence-corrected chi connectivity index (χ2v) is 8.17. The molecule has 3 rings (SSSR count). The highest BCUT2D eigenvalue weighted by Gasteiger charge is 2.26. The molecule has 0 spiro atoms.